The lowest BCUT2D eigenvalue weighted by atomic mass is 10.6. The third-order valence-corrected chi connectivity index (χ3v) is 1.05. The van der Waals surface area contributed by atoms with Crippen LogP contribution in [0.4, 0.5) is 5.69 Å². The lowest BCUT2D eigenvalue weighted by molar-refractivity contribution is 0.660. The van der Waals surface area contributed by atoms with E-state index in [9.17, 15) is 4.91 Å². The van der Waals surface area contributed by atoms with E-state index in [1.165, 1.54) is 6.20 Å². The van der Waals surface area contributed by atoms with Crippen molar-refractivity contribution in [1.82, 2.24) is 9.78 Å². The molecule has 0 radical (unpaired) electrons. The van der Waals surface area contributed by atoms with Gasteiger partial charge in [-0.25, -0.2) is 0 Å². The minimum Gasteiger partial charge on any atom is -0.271 e. The fraction of sp³-hybridized carbons (Fsp3) is 0.400. The number of aryl methyl sites for hydroxylation is 1. The standard InChI is InChI=1S/C5H7N3O/c1-2-8-4-5(7-9)3-6-8/h3-4H,2H2,1H3. The van der Waals surface area contributed by atoms with Crippen molar-refractivity contribution in [1.29, 1.82) is 0 Å². The summed E-state index contributed by atoms with van der Waals surface area (Å²) in [5.41, 5.74) is 0.386. The number of hydrogen-bond acceptors (Lipinski definition) is 3. The van der Waals surface area contributed by atoms with E-state index in [0.29, 0.717) is 5.69 Å². The van der Waals surface area contributed by atoms with Crippen LogP contribution in [0.15, 0.2) is 17.6 Å². The van der Waals surface area contributed by atoms with Crippen LogP contribution in [0, 0.1) is 4.91 Å². The number of aromatic nitrogens is 2. The fourth-order valence-corrected chi connectivity index (χ4v) is 0.573. The van der Waals surface area contributed by atoms with Crippen molar-refractivity contribution in [2.75, 3.05) is 0 Å². The summed E-state index contributed by atoms with van der Waals surface area (Å²) in [6.45, 7) is 2.72. The molecule has 4 heteroatoms. The predicted octanol–water partition coefficient (Wildman–Crippen LogP) is 1.30. The predicted molar refractivity (Wildman–Crippen MR) is 33.4 cm³/mol. The third-order valence-electron chi connectivity index (χ3n) is 1.05. The van der Waals surface area contributed by atoms with Crippen molar-refractivity contribution in [3.05, 3.63) is 17.3 Å². The van der Waals surface area contributed by atoms with Gasteiger partial charge < -0.3 is 0 Å². The molecule has 0 bridgehead atoms. The van der Waals surface area contributed by atoms with Gasteiger partial charge in [-0.15, -0.1) is 4.91 Å². The zero-order chi connectivity index (χ0) is 6.69. The molecule has 0 saturated carbocycles. The van der Waals surface area contributed by atoms with Crippen LogP contribution in [0.1, 0.15) is 6.92 Å². The van der Waals surface area contributed by atoms with E-state index in [-0.39, 0.29) is 0 Å². The van der Waals surface area contributed by atoms with Gasteiger partial charge in [-0.3, -0.25) is 4.68 Å². The van der Waals surface area contributed by atoms with E-state index in [1.54, 1.807) is 10.9 Å². The third kappa shape index (κ3) is 1.13. The second kappa shape index (κ2) is 2.39. The van der Waals surface area contributed by atoms with Crippen molar-refractivity contribution < 1.29 is 0 Å². The summed E-state index contributed by atoms with van der Waals surface area (Å²) in [5, 5.41) is 6.53. The van der Waals surface area contributed by atoms with Crippen molar-refractivity contribution in [2.24, 2.45) is 5.18 Å². The van der Waals surface area contributed by atoms with Gasteiger partial charge in [0.05, 0.1) is 12.4 Å². The molecule has 1 heterocycles. The van der Waals surface area contributed by atoms with Crippen LogP contribution < -0.4 is 0 Å². The molecule has 0 N–H and O–H groups in total. The zero-order valence-electron chi connectivity index (χ0n) is 5.11. The smallest absolute Gasteiger partial charge is 0.145 e. The van der Waals surface area contributed by atoms with Crippen molar-refractivity contribution >= 4 is 5.69 Å². The largest absolute Gasteiger partial charge is 0.271 e. The van der Waals surface area contributed by atoms with E-state index < -0.39 is 0 Å². The second-order valence-electron chi connectivity index (χ2n) is 1.65. The molecular weight excluding hydrogens is 118 g/mol. The van der Waals surface area contributed by atoms with E-state index in [0.717, 1.165) is 6.54 Å². The number of hydrogen-bond donors (Lipinski definition) is 0. The van der Waals surface area contributed by atoms with E-state index >= 15 is 0 Å². The SMILES string of the molecule is CCn1cc(N=O)cn1. The molecule has 0 atom stereocenters. The highest BCUT2D eigenvalue weighted by Gasteiger charge is 1.92. The molecule has 0 aliphatic carbocycles. The summed E-state index contributed by atoms with van der Waals surface area (Å²) in [6, 6.07) is 0. The average Bonchev–Trinajstić information content (AvgIpc) is 2.34. The number of rotatable bonds is 2. The van der Waals surface area contributed by atoms with E-state index in [2.05, 4.69) is 10.3 Å². The Kier molecular flexibility index (Phi) is 1.58. The highest BCUT2D eigenvalue weighted by Crippen LogP contribution is 2.06. The maximum atomic E-state index is 9.83. The minimum atomic E-state index is 0.386. The summed E-state index contributed by atoms with van der Waals surface area (Å²) >= 11 is 0. The first kappa shape index (κ1) is 5.94. The van der Waals surface area contributed by atoms with Crippen LogP contribution in [0.2, 0.25) is 0 Å². The van der Waals surface area contributed by atoms with Gasteiger partial charge >= 0.3 is 0 Å². The first-order valence-electron chi connectivity index (χ1n) is 2.72. The Morgan fingerprint density at radius 2 is 2.67 bits per heavy atom. The monoisotopic (exact) mass is 125 g/mol. The highest BCUT2D eigenvalue weighted by atomic mass is 16.3. The Morgan fingerprint density at radius 3 is 3.00 bits per heavy atom. The molecule has 0 saturated heterocycles. The molecule has 1 aromatic heterocycles. The molecule has 0 unspecified atom stereocenters. The van der Waals surface area contributed by atoms with Crippen LogP contribution >= 0.6 is 0 Å². The van der Waals surface area contributed by atoms with Crippen LogP contribution in [-0.2, 0) is 6.54 Å². The van der Waals surface area contributed by atoms with E-state index in [4.69, 9.17) is 0 Å². The van der Waals surface area contributed by atoms with Crippen LogP contribution in [0.25, 0.3) is 0 Å². The lowest BCUT2D eigenvalue weighted by Crippen LogP contribution is -1.91. The van der Waals surface area contributed by atoms with Gasteiger partial charge in [0, 0.05) is 6.54 Å². The quantitative estimate of drug-likeness (QED) is 0.559. The molecule has 0 fully saturated rings. The van der Waals surface area contributed by atoms with Gasteiger partial charge in [0.25, 0.3) is 0 Å². The fourth-order valence-electron chi connectivity index (χ4n) is 0.573. The second-order valence-corrected chi connectivity index (χ2v) is 1.65. The van der Waals surface area contributed by atoms with Gasteiger partial charge in [0.1, 0.15) is 5.69 Å². The zero-order valence-corrected chi connectivity index (χ0v) is 5.11. The summed E-state index contributed by atoms with van der Waals surface area (Å²) < 4.78 is 1.65. The molecule has 0 amide bonds. The van der Waals surface area contributed by atoms with Gasteiger partial charge in [-0.1, -0.05) is 0 Å². The average molecular weight is 125 g/mol. The van der Waals surface area contributed by atoms with Gasteiger partial charge in [-0.2, -0.15) is 5.10 Å². The Hall–Kier alpha value is -1.19. The number of nitrogens with zero attached hydrogens (tertiary/aromatic N) is 3. The highest BCUT2D eigenvalue weighted by molar-refractivity contribution is 5.28. The molecular formula is C5H7N3O. The molecule has 0 aromatic carbocycles. The Labute approximate surface area is 52.5 Å². The lowest BCUT2D eigenvalue weighted by Gasteiger charge is -1.87. The topological polar surface area (TPSA) is 47.2 Å². The Bertz CT molecular complexity index is 206. The number of nitroso groups, excluding NO2 is 1. The van der Waals surface area contributed by atoms with Gasteiger partial charge in [-0.05, 0) is 12.1 Å². The van der Waals surface area contributed by atoms with E-state index in [1.807, 2.05) is 6.92 Å². The molecule has 9 heavy (non-hydrogen) atoms. The molecule has 0 aliphatic rings. The van der Waals surface area contributed by atoms with Crippen molar-refractivity contribution in [3.63, 3.8) is 0 Å². The Morgan fingerprint density at radius 1 is 1.89 bits per heavy atom. The van der Waals surface area contributed by atoms with Crippen molar-refractivity contribution in [2.45, 2.75) is 13.5 Å². The van der Waals surface area contributed by atoms with Crippen molar-refractivity contribution in [3.8, 4) is 0 Å². The normalized spacial score (nSPS) is 9.44. The summed E-state index contributed by atoms with van der Waals surface area (Å²) in [5.74, 6) is 0. The minimum absolute atomic E-state index is 0.386. The molecule has 48 valence electrons. The summed E-state index contributed by atoms with van der Waals surface area (Å²) in [6.07, 6.45) is 3.05. The molecule has 1 rings (SSSR count). The van der Waals surface area contributed by atoms with Crippen LogP contribution in [0.3, 0.4) is 0 Å². The molecule has 1 aromatic rings. The Balaban J connectivity index is 2.86. The van der Waals surface area contributed by atoms with Crippen LogP contribution in [-0.4, -0.2) is 9.78 Å². The summed E-state index contributed by atoms with van der Waals surface area (Å²) in [7, 11) is 0. The summed E-state index contributed by atoms with van der Waals surface area (Å²) in [4.78, 5) is 9.83. The maximum Gasteiger partial charge on any atom is 0.145 e. The molecule has 4 nitrogen and oxygen atoms in total. The first-order chi connectivity index (χ1) is 4.36. The van der Waals surface area contributed by atoms with Gasteiger partial charge in [0.15, 0.2) is 0 Å². The molecule has 0 spiro atoms. The van der Waals surface area contributed by atoms with Crippen LogP contribution in [0.5, 0.6) is 0 Å². The molecule has 0 aliphatic heterocycles. The maximum absolute atomic E-state index is 9.83. The first-order valence-corrected chi connectivity index (χ1v) is 2.72. The van der Waals surface area contributed by atoms with Gasteiger partial charge in [0.2, 0.25) is 0 Å².